The number of rotatable bonds is 11. The molecule has 8 heteroatoms. The first-order chi connectivity index (χ1) is 14.6. The quantitative estimate of drug-likeness (QED) is 0.266. The van der Waals surface area contributed by atoms with Crippen molar-refractivity contribution in [3.8, 4) is 0 Å². The van der Waals surface area contributed by atoms with Crippen LogP contribution in [0.3, 0.4) is 0 Å². The van der Waals surface area contributed by atoms with Gasteiger partial charge in [0.1, 0.15) is 29.6 Å². The number of pyridine rings is 1. The summed E-state index contributed by atoms with van der Waals surface area (Å²) in [5.74, 6) is 0.303. The summed E-state index contributed by atoms with van der Waals surface area (Å²) < 4.78 is 17.6. The van der Waals surface area contributed by atoms with E-state index >= 15 is 0 Å². The Bertz CT molecular complexity index is 975. The molecule has 3 aromatic rings. The van der Waals surface area contributed by atoms with E-state index in [4.69, 9.17) is 10.6 Å². The number of unbranched alkanes of at least 4 members (excludes halogenated alkanes) is 4. The maximum Gasteiger partial charge on any atom is 0.138 e. The van der Waals surface area contributed by atoms with Crippen molar-refractivity contribution in [1.29, 1.82) is 0 Å². The Balaban J connectivity index is 1.42. The van der Waals surface area contributed by atoms with E-state index in [0.717, 1.165) is 49.0 Å². The first-order valence-corrected chi connectivity index (χ1v) is 10.9. The molecule has 0 saturated carbocycles. The van der Waals surface area contributed by atoms with Crippen LogP contribution in [0, 0.1) is 12.7 Å². The van der Waals surface area contributed by atoms with Gasteiger partial charge in [0.2, 0.25) is 0 Å². The van der Waals surface area contributed by atoms with Crippen LogP contribution in [0.5, 0.6) is 0 Å². The zero-order chi connectivity index (χ0) is 21.2. The number of hydrogen-bond acceptors (Lipinski definition) is 7. The second-order valence-corrected chi connectivity index (χ2v) is 7.98. The number of nitrogen functional groups attached to an aromatic ring is 1. The number of benzene rings is 1. The van der Waals surface area contributed by atoms with E-state index in [2.05, 4.69) is 19.7 Å². The van der Waals surface area contributed by atoms with E-state index in [0.29, 0.717) is 29.4 Å². The van der Waals surface area contributed by atoms with Gasteiger partial charge in [-0.2, -0.15) is 0 Å². The van der Waals surface area contributed by atoms with E-state index in [-0.39, 0.29) is 5.82 Å². The highest BCUT2D eigenvalue weighted by Crippen LogP contribution is 2.17. The zero-order valence-corrected chi connectivity index (χ0v) is 17.9. The fraction of sp³-hybridized carbons (Fsp3) is 0.364. The predicted octanol–water partition coefficient (Wildman–Crippen LogP) is 4.93. The van der Waals surface area contributed by atoms with Gasteiger partial charge in [0.25, 0.3) is 0 Å². The van der Waals surface area contributed by atoms with E-state index < -0.39 is 0 Å². The molecule has 2 aromatic heterocycles. The van der Waals surface area contributed by atoms with E-state index in [9.17, 15) is 4.39 Å². The average molecular weight is 428 g/mol. The number of anilines is 1. The molecule has 0 bridgehead atoms. The van der Waals surface area contributed by atoms with Crippen molar-refractivity contribution >= 4 is 23.1 Å². The summed E-state index contributed by atoms with van der Waals surface area (Å²) >= 11 is 1.28. The van der Waals surface area contributed by atoms with Gasteiger partial charge in [-0.15, -0.1) is 5.10 Å². The molecule has 0 aliphatic rings. The van der Waals surface area contributed by atoms with Crippen molar-refractivity contribution in [2.75, 3.05) is 12.3 Å². The van der Waals surface area contributed by atoms with Crippen molar-refractivity contribution in [1.82, 2.24) is 14.6 Å². The lowest BCUT2D eigenvalue weighted by molar-refractivity contribution is 0.140. The first kappa shape index (κ1) is 21.8. The number of halogens is 1. The first-order valence-electron chi connectivity index (χ1n) is 10.1. The van der Waals surface area contributed by atoms with Crippen LogP contribution < -0.4 is 5.73 Å². The van der Waals surface area contributed by atoms with Gasteiger partial charge in [0, 0.05) is 11.8 Å². The number of nitrogens with zero attached hydrogens (tertiary/aromatic N) is 4. The Morgan fingerprint density at radius 3 is 2.73 bits per heavy atom. The third-order valence-electron chi connectivity index (χ3n) is 4.74. The monoisotopic (exact) mass is 427 g/mol. The SMILES string of the molecule is Cc1snnc1C(=NOCCCCCCCc1cccnc1N)c1cccc(F)c1. The smallest absolute Gasteiger partial charge is 0.138 e. The summed E-state index contributed by atoms with van der Waals surface area (Å²) in [7, 11) is 0. The molecule has 3 rings (SSSR count). The number of aryl methyl sites for hydroxylation is 2. The molecule has 6 nitrogen and oxygen atoms in total. The second-order valence-electron chi connectivity index (χ2n) is 7.03. The molecule has 0 spiro atoms. The maximum absolute atomic E-state index is 13.7. The van der Waals surface area contributed by atoms with Gasteiger partial charge in [0.05, 0.1) is 4.88 Å². The molecule has 0 saturated heterocycles. The van der Waals surface area contributed by atoms with Gasteiger partial charge in [-0.05, 0) is 67.9 Å². The van der Waals surface area contributed by atoms with Crippen molar-refractivity contribution in [2.24, 2.45) is 5.16 Å². The van der Waals surface area contributed by atoms with Crippen LogP contribution in [-0.4, -0.2) is 26.9 Å². The van der Waals surface area contributed by atoms with Gasteiger partial charge < -0.3 is 10.6 Å². The van der Waals surface area contributed by atoms with Crippen LogP contribution in [0.25, 0.3) is 0 Å². The summed E-state index contributed by atoms with van der Waals surface area (Å²) in [6, 6.07) is 10.2. The van der Waals surface area contributed by atoms with Crippen LogP contribution in [-0.2, 0) is 11.3 Å². The molecule has 2 N–H and O–H groups in total. The van der Waals surface area contributed by atoms with Gasteiger partial charge in [0.15, 0.2) is 0 Å². The molecular weight excluding hydrogens is 401 g/mol. The molecule has 0 unspecified atom stereocenters. The van der Waals surface area contributed by atoms with Crippen molar-refractivity contribution < 1.29 is 9.23 Å². The van der Waals surface area contributed by atoms with Crippen LogP contribution in [0.4, 0.5) is 10.2 Å². The molecule has 0 fully saturated rings. The lowest BCUT2D eigenvalue weighted by atomic mass is 10.1. The molecule has 0 aliphatic heterocycles. The predicted molar refractivity (Wildman–Crippen MR) is 118 cm³/mol. The molecule has 1 aromatic carbocycles. The highest BCUT2D eigenvalue weighted by Gasteiger charge is 2.15. The Kier molecular flexibility index (Phi) is 8.26. The van der Waals surface area contributed by atoms with Crippen LogP contribution >= 0.6 is 11.5 Å². The number of aromatic nitrogens is 3. The van der Waals surface area contributed by atoms with Crippen molar-refractivity contribution in [3.05, 3.63) is 70.1 Å². The Hall–Kier alpha value is -2.87. The fourth-order valence-corrected chi connectivity index (χ4v) is 3.57. The highest BCUT2D eigenvalue weighted by molar-refractivity contribution is 7.05. The standard InChI is InChI=1S/C22H26FN5OS/c1-16-20(26-28-30-16)21(18-10-7-12-19(23)15-18)27-29-14-6-4-2-3-5-9-17-11-8-13-25-22(17)24/h7-8,10-13,15H,2-6,9,14H2,1H3,(H2,24,25). The van der Waals surface area contributed by atoms with Gasteiger partial charge in [-0.1, -0.05) is 40.7 Å². The largest absolute Gasteiger partial charge is 0.395 e. The van der Waals surface area contributed by atoms with Gasteiger partial charge in [-0.25, -0.2) is 9.37 Å². The minimum absolute atomic E-state index is 0.325. The topological polar surface area (TPSA) is 86.3 Å². The van der Waals surface area contributed by atoms with Gasteiger partial charge in [-0.3, -0.25) is 0 Å². The molecular formula is C22H26FN5OS. The zero-order valence-electron chi connectivity index (χ0n) is 17.1. The molecule has 2 heterocycles. The van der Waals surface area contributed by atoms with Crippen molar-refractivity contribution in [2.45, 2.75) is 45.4 Å². The molecule has 0 aliphatic carbocycles. The average Bonchev–Trinajstić information content (AvgIpc) is 3.16. The van der Waals surface area contributed by atoms with E-state index in [1.807, 2.05) is 19.1 Å². The maximum atomic E-state index is 13.7. The molecule has 0 amide bonds. The second kappa shape index (κ2) is 11.3. The van der Waals surface area contributed by atoms with E-state index in [1.165, 1.54) is 23.7 Å². The fourth-order valence-electron chi connectivity index (χ4n) is 3.10. The Morgan fingerprint density at radius 1 is 1.13 bits per heavy atom. The lowest BCUT2D eigenvalue weighted by Gasteiger charge is -2.06. The summed E-state index contributed by atoms with van der Waals surface area (Å²) in [5.41, 5.74) is 8.74. The molecule has 30 heavy (non-hydrogen) atoms. The third-order valence-corrected chi connectivity index (χ3v) is 5.37. The highest BCUT2D eigenvalue weighted by atomic mass is 32.1. The van der Waals surface area contributed by atoms with Crippen LogP contribution in [0.15, 0.2) is 47.8 Å². The van der Waals surface area contributed by atoms with Crippen molar-refractivity contribution in [3.63, 3.8) is 0 Å². The van der Waals surface area contributed by atoms with E-state index in [1.54, 1.807) is 18.3 Å². The lowest BCUT2D eigenvalue weighted by Crippen LogP contribution is -2.07. The minimum atomic E-state index is -0.325. The normalized spacial score (nSPS) is 11.6. The Labute approximate surface area is 180 Å². The van der Waals surface area contributed by atoms with Crippen LogP contribution in [0.1, 0.15) is 53.8 Å². The van der Waals surface area contributed by atoms with Crippen LogP contribution in [0.2, 0.25) is 0 Å². The summed E-state index contributed by atoms with van der Waals surface area (Å²) in [5, 5.41) is 8.38. The number of nitrogens with two attached hydrogens (primary N) is 1. The summed E-state index contributed by atoms with van der Waals surface area (Å²) in [4.78, 5) is 10.6. The molecule has 158 valence electrons. The molecule has 0 atom stereocenters. The summed E-state index contributed by atoms with van der Waals surface area (Å²) in [6.07, 6.45) is 7.99. The minimum Gasteiger partial charge on any atom is -0.395 e. The number of oxime groups is 1. The summed E-state index contributed by atoms with van der Waals surface area (Å²) in [6.45, 7) is 2.42. The molecule has 0 radical (unpaired) electrons. The number of hydrogen-bond donors (Lipinski definition) is 1. The Morgan fingerprint density at radius 2 is 1.97 bits per heavy atom. The van der Waals surface area contributed by atoms with Gasteiger partial charge >= 0.3 is 0 Å². The third kappa shape index (κ3) is 6.32.